The normalized spacial score (nSPS) is 10.0. The van der Waals surface area contributed by atoms with Gasteiger partial charge in [0.15, 0.2) is 0 Å². The van der Waals surface area contributed by atoms with Crippen molar-refractivity contribution in [3.63, 3.8) is 0 Å². The molecule has 0 unspecified atom stereocenters. The number of amides is 1. The van der Waals surface area contributed by atoms with Gasteiger partial charge in [-0.25, -0.2) is 0 Å². The molecule has 0 aliphatic carbocycles. The first-order chi connectivity index (χ1) is 12.0. The molecule has 0 saturated heterocycles. The Labute approximate surface area is 156 Å². The molecular formula is C20H20BrNO3. The standard InChI is InChI=1S/C20H20BrNO3/c1-4-11-24-19-10-5-15(12-18(19)21)20(23)22-16-6-8-17(9-7-16)25-13-14(2)3/h4-10,12H,1-2,11,13H2,3H3,(H,22,23). The highest BCUT2D eigenvalue weighted by molar-refractivity contribution is 9.10. The Morgan fingerprint density at radius 3 is 2.52 bits per heavy atom. The quantitative estimate of drug-likeness (QED) is 0.616. The van der Waals surface area contributed by atoms with E-state index in [0.29, 0.717) is 34.7 Å². The Morgan fingerprint density at radius 2 is 1.92 bits per heavy atom. The minimum atomic E-state index is -0.202. The van der Waals surface area contributed by atoms with Crippen molar-refractivity contribution in [1.82, 2.24) is 0 Å². The van der Waals surface area contributed by atoms with Crippen LogP contribution in [0.5, 0.6) is 11.5 Å². The van der Waals surface area contributed by atoms with Crippen molar-refractivity contribution in [1.29, 1.82) is 0 Å². The Bertz CT molecular complexity index is 769. The maximum absolute atomic E-state index is 12.4. The molecule has 0 heterocycles. The number of rotatable bonds is 8. The second-order valence-electron chi connectivity index (χ2n) is 5.47. The smallest absolute Gasteiger partial charge is 0.255 e. The summed E-state index contributed by atoms with van der Waals surface area (Å²) in [5, 5.41) is 2.85. The van der Waals surface area contributed by atoms with Crippen LogP contribution in [-0.2, 0) is 0 Å². The van der Waals surface area contributed by atoms with Gasteiger partial charge >= 0.3 is 0 Å². The molecule has 2 aromatic rings. The molecular weight excluding hydrogens is 382 g/mol. The number of hydrogen-bond acceptors (Lipinski definition) is 3. The Kier molecular flexibility index (Phi) is 6.83. The van der Waals surface area contributed by atoms with Gasteiger partial charge < -0.3 is 14.8 Å². The van der Waals surface area contributed by atoms with Gasteiger partial charge in [0.25, 0.3) is 5.91 Å². The maximum atomic E-state index is 12.4. The van der Waals surface area contributed by atoms with Gasteiger partial charge in [-0.2, -0.15) is 0 Å². The summed E-state index contributed by atoms with van der Waals surface area (Å²) in [6, 6.07) is 12.4. The minimum absolute atomic E-state index is 0.202. The van der Waals surface area contributed by atoms with E-state index >= 15 is 0 Å². The minimum Gasteiger partial charge on any atom is -0.489 e. The molecule has 2 rings (SSSR count). The van der Waals surface area contributed by atoms with Crippen LogP contribution in [-0.4, -0.2) is 19.1 Å². The molecule has 0 radical (unpaired) electrons. The summed E-state index contributed by atoms with van der Waals surface area (Å²) in [6.45, 7) is 10.2. The van der Waals surface area contributed by atoms with E-state index in [0.717, 1.165) is 11.3 Å². The predicted molar refractivity (Wildman–Crippen MR) is 105 cm³/mol. The van der Waals surface area contributed by atoms with Crippen LogP contribution >= 0.6 is 15.9 Å². The number of anilines is 1. The summed E-state index contributed by atoms with van der Waals surface area (Å²) in [5.41, 5.74) is 2.17. The third-order valence-corrected chi connectivity index (χ3v) is 3.77. The van der Waals surface area contributed by atoms with Gasteiger partial charge in [-0.05, 0) is 70.9 Å². The zero-order chi connectivity index (χ0) is 18.2. The van der Waals surface area contributed by atoms with Crippen molar-refractivity contribution in [2.45, 2.75) is 6.92 Å². The number of nitrogens with one attached hydrogen (secondary N) is 1. The molecule has 4 nitrogen and oxygen atoms in total. The highest BCUT2D eigenvalue weighted by atomic mass is 79.9. The fraction of sp³-hybridized carbons (Fsp3) is 0.150. The molecule has 25 heavy (non-hydrogen) atoms. The largest absolute Gasteiger partial charge is 0.489 e. The highest BCUT2D eigenvalue weighted by Crippen LogP contribution is 2.26. The van der Waals surface area contributed by atoms with E-state index in [1.807, 2.05) is 6.92 Å². The Balaban J connectivity index is 2.00. The third-order valence-electron chi connectivity index (χ3n) is 3.15. The van der Waals surface area contributed by atoms with Crippen molar-refractivity contribution in [3.05, 3.63) is 77.3 Å². The first-order valence-corrected chi connectivity index (χ1v) is 8.50. The number of hydrogen-bond donors (Lipinski definition) is 1. The summed E-state index contributed by atoms with van der Waals surface area (Å²) < 4.78 is 11.7. The van der Waals surface area contributed by atoms with Crippen molar-refractivity contribution >= 4 is 27.5 Å². The second kappa shape index (κ2) is 9.08. The van der Waals surface area contributed by atoms with Crippen LogP contribution < -0.4 is 14.8 Å². The summed E-state index contributed by atoms with van der Waals surface area (Å²) in [5.74, 6) is 1.19. The van der Waals surface area contributed by atoms with E-state index in [2.05, 4.69) is 34.4 Å². The number of carbonyl (C=O) groups is 1. The van der Waals surface area contributed by atoms with Gasteiger partial charge in [0.2, 0.25) is 0 Å². The van der Waals surface area contributed by atoms with Crippen LogP contribution in [0.2, 0.25) is 0 Å². The lowest BCUT2D eigenvalue weighted by Gasteiger charge is -2.10. The average Bonchev–Trinajstić information content (AvgIpc) is 2.60. The van der Waals surface area contributed by atoms with Gasteiger partial charge in [0, 0.05) is 11.3 Å². The van der Waals surface area contributed by atoms with Gasteiger partial charge in [-0.3, -0.25) is 4.79 Å². The van der Waals surface area contributed by atoms with Crippen LogP contribution in [0, 0.1) is 0 Å². The van der Waals surface area contributed by atoms with E-state index in [4.69, 9.17) is 9.47 Å². The van der Waals surface area contributed by atoms with E-state index in [1.54, 1.807) is 48.5 Å². The molecule has 0 spiro atoms. The van der Waals surface area contributed by atoms with Crippen molar-refractivity contribution in [2.75, 3.05) is 18.5 Å². The van der Waals surface area contributed by atoms with Crippen LogP contribution in [0.1, 0.15) is 17.3 Å². The molecule has 5 heteroatoms. The van der Waals surface area contributed by atoms with Crippen LogP contribution in [0.4, 0.5) is 5.69 Å². The summed E-state index contributed by atoms with van der Waals surface area (Å²) >= 11 is 3.41. The molecule has 130 valence electrons. The van der Waals surface area contributed by atoms with E-state index in [9.17, 15) is 4.79 Å². The topological polar surface area (TPSA) is 47.6 Å². The average molecular weight is 402 g/mol. The van der Waals surface area contributed by atoms with Gasteiger partial charge in [0.05, 0.1) is 4.47 Å². The lowest BCUT2D eigenvalue weighted by atomic mass is 10.2. The maximum Gasteiger partial charge on any atom is 0.255 e. The first kappa shape index (κ1) is 18.8. The monoisotopic (exact) mass is 401 g/mol. The lowest BCUT2D eigenvalue weighted by molar-refractivity contribution is 0.102. The lowest BCUT2D eigenvalue weighted by Crippen LogP contribution is -2.12. The molecule has 0 bridgehead atoms. The summed E-state index contributed by atoms with van der Waals surface area (Å²) in [6.07, 6.45) is 1.66. The molecule has 2 aromatic carbocycles. The molecule has 0 fully saturated rings. The van der Waals surface area contributed by atoms with Gasteiger partial charge in [-0.1, -0.05) is 19.2 Å². The van der Waals surface area contributed by atoms with Crippen LogP contribution in [0.3, 0.4) is 0 Å². The molecule has 0 aliphatic rings. The molecule has 1 N–H and O–H groups in total. The van der Waals surface area contributed by atoms with E-state index in [-0.39, 0.29) is 5.91 Å². The fourth-order valence-electron chi connectivity index (χ4n) is 1.95. The van der Waals surface area contributed by atoms with Crippen molar-refractivity contribution in [2.24, 2.45) is 0 Å². The summed E-state index contributed by atoms with van der Waals surface area (Å²) in [7, 11) is 0. The SMILES string of the molecule is C=CCOc1ccc(C(=O)Nc2ccc(OCC(=C)C)cc2)cc1Br. The zero-order valence-corrected chi connectivity index (χ0v) is 15.6. The first-order valence-electron chi connectivity index (χ1n) is 7.71. The molecule has 0 aromatic heterocycles. The third kappa shape index (κ3) is 5.80. The second-order valence-corrected chi connectivity index (χ2v) is 6.32. The van der Waals surface area contributed by atoms with Crippen molar-refractivity contribution in [3.8, 4) is 11.5 Å². The number of carbonyl (C=O) groups excluding carboxylic acids is 1. The molecule has 0 atom stereocenters. The van der Waals surface area contributed by atoms with Gasteiger partial charge in [0.1, 0.15) is 24.7 Å². The predicted octanol–water partition coefficient (Wildman–Crippen LogP) is 5.22. The number of ether oxygens (including phenoxy) is 2. The fourth-order valence-corrected chi connectivity index (χ4v) is 2.45. The summed E-state index contributed by atoms with van der Waals surface area (Å²) in [4.78, 5) is 12.4. The van der Waals surface area contributed by atoms with E-state index < -0.39 is 0 Å². The number of benzene rings is 2. The van der Waals surface area contributed by atoms with E-state index in [1.165, 1.54) is 0 Å². The van der Waals surface area contributed by atoms with Crippen LogP contribution in [0.25, 0.3) is 0 Å². The molecule has 1 amide bonds. The van der Waals surface area contributed by atoms with Crippen LogP contribution in [0.15, 0.2) is 71.7 Å². The Morgan fingerprint density at radius 1 is 1.20 bits per heavy atom. The zero-order valence-electron chi connectivity index (χ0n) is 14.0. The molecule has 0 saturated carbocycles. The van der Waals surface area contributed by atoms with Crippen molar-refractivity contribution < 1.29 is 14.3 Å². The Hall–Kier alpha value is -2.53. The highest BCUT2D eigenvalue weighted by Gasteiger charge is 2.10. The molecule has 0 aliphatic heterocycles. The van der Waals surface area contributed by atoms with Gasteiger partial charge in [-0.15, -0.1) is 0 Å². The number of halogens is 1.